The smallest absolute Gasteiger partial charge is 0.141 e. The van der Waals surface area contributed by atoms with Crippen molar-refractivity contribution in [3.05, 3.63) is 76.2 Å². The Morgan fingerprint density at radius 1 is 1.21 bits per heavy atom. The van der Waals surface area contributed by atoms with Gasteiger partial charge in [0.15, 0.2) is 0 Å². The molecule has 1 saturated heterocycles. The second kappa shape index (κ2) is 9.91. The molecule has 1 heterocycles. The molecular weight excluding hydrogens is 381 g/mol. The molecule has 0 unspecified atom stereocenters. The lowest BCUT2D eigenvalue weighted by Gasteiger charge is -2.41. The molecule has 6 nitrogen and oxygen atoms in total. The van der Waals surface area contributed by atoms with Gasteiger partial charge in [-0.3, -0.25) is 0 Å². The molecule has 0 spiro atoms. The SMILES string of the molecule is Cc1ccc(S[C@@H]2O[C@H](CO)[C@@H](OCc3ccccc3)[C@H](F)[C@H]2N=[N+]=[N-])cc1. The number of hydrogen-bond donors (Lipinski definition) is 1. The van der Waals surface area contributed by atoms with Crippen molar-refractivity contribution >= 4 is 11.8 Å². The fraction of sp³-hybridized carbons (Fsp3) is 0.400. The van der Waals surface area contributed by atoms with Crippen LogP contribution in [0, 0.1) is 6.92 Å². The maximum atomic E-state index is 15.3. The van der Waals surface area contributed by atoms with Crippen molar-refractivity contribution in [2.75, 3.05) is 6.61 Å². The number of aryl methyl sites for hydroxylation is 1. The highest BCUT2D eigenvalue weighted by atomic mass is 32.2. The Bertz CT molecular complexity index is 802. The Balaban J connectivity index is 1.75. The first kappa shape index (κ1) is 20.6. The first-order valence-corrected chi connectivity index (χ1v) is 9.84. The monoisotopic (exact) mass is 403 g/mol. The third kappa shape index (κ3) is 5.04. The minimum atomic E-state index is -1.60. The lowest BCUT2D eigenvalue weighted by atomic mass is 9.99. The Hall–Kier alpha value is -2.09. The Kier molecular flexibility index (Phi) is 7.30. The average molecular weight is 403 g/mol. The van der Waals surface area contributed by atoms with Crippen LogP contribution in [0.3, 0.4) is 0 Å². The second-order valence-corrected chi connectivity index (χ2v) is 7.73. The number of thioether (sulfide) groups is 1. The van der Waals surface area contributed by atoms with Crippen LogP contribution < -0.4 is 0 Å². The van der Waals surface area contributed by atoms with E-state index in [4.69, 9.17) is 15.0 Å². The van der Waals surface area contributed by atoms with Crippen molar-refractivity contribution in [3.63, 3.8) is 0 Å². The topological polar surface area (TPSA) is 87.5 Å². The van der Waals surface area contributed by atoms with Gasteiger partial charge in [-0.25, -0.2) is 4.39 Å². The van der Waals surface area contributed by atoms with Crippen molar-refractivity contribution in [3.8, 4) is 0 Å². The number of alkyl halides is 1. The minimum absolute atomic E-state index is 0.171. The Labute approximate surface area is 167 Å². The molecule has 1 fully saturated rings. The van der Waals surface area contributed by atoms with Gasteiger partial charge in [-0.15, -0.1) is 0 Å². The zero-order valence-electron chi connectivity index (χ0n) is 15.4. The first-order valence-electron chi connectivity index (χ1n) is 8.96. The summed E-state index contributed by atoms with van der Waals surface area (Å²) in [4.78, 5) is 3.66. The number of aliphatic hydroxyl groups is 1. The lowest BCUT2D eigenvalue weighted by Crippen LogP contribution is -2.56. The highest BCUT2D eigenvalue weighted by molar-refractivity contribution is 7.99. The van der Waals surface area contributed by atoms with E-state index in [-0.39, 0.29) is 6.61 Å². The summed E-state index contributed by atoms with van der Waals surface area (Å²) in [5, 5.41) is 13.4. The molecule has 5 atom stereocenters. The van der Waals surface area contributed by atoms with Crippen molar-refractivity contribution in [2.45, 2.75) is 48.3 Å². The average Bonchev–Trinajstić information content (AvgIpc) is 2.72. The van der Waals surface area contributed by atoms with Crippen LogP contribution in [0.5, 0.6) is 0 Å². The van der Waals surface area contributed by atoms with Gasteiger partial charge < -0.3 is 14.6 Å². The van der Waals surface area contributed by atoms with Gasteiger partial charge in [0, 0.05) is 9.81 Å². The molecule has 0 amide bonds. The van der Waals surface area contributed by atoms with E-state index in [9.17, 15) is 5.11 Å². The third-order valence-corrected chi connectivity index (χ3v) is 5.68. The van der Waals surface area contributed by atoms with Crippen LogP contribution in [0.1, 0.15) is 11.1 Å². The van der Waals surface area contributed by atoms with E-state index >= 15 is 4.39 Å². The number of aliphatic hydroxyl groups excluding tert-OH is 1. The lowest BCUT2D eigenvalue weighted by molar-refractivity contribution is -0.172. The summed E-state index contributed by atoms with van der Waals surface area (Å²) in [6.45, 7) is 1.75. The van der Waals surface area contributed by atoms with Gasteiger partial charge in [0.05, 0.1) is 13.2 Å². The molecule has 3 rings (SSSR count). The van der Waals surface area contributed by atoms with Crippen molar-refractivity contribution in [1.82, 2.24) is 0 Å². The Morgan fingerprint density at radius 2 is 1.93 bits per heavy atom. The van der Waals surface area contributed by atoms with Crippen molar-refractivity contribution in [1.29, 1.82) is 0 Å². The van der Waals surface area contributed by atoms with E-state index in [2.05, 4.69) is 10.0 Å². The molecule has 0 aromatic heterocycles. The number of rotatable bonds is 7. The predicted molar refractivity (Wildman–Crippen MR) is 106 cm³/mol. The zero-order valence-corrected chi connectivity index (χ0v) is 16.2. The molecule has 2 aromatic carbocycles. The van der Waals surface area contributed by atoms with E-state index in [0.29, 0.717) is 0 Å². The molecule has 1 N–H and O–H groups in total. The maximum Gasteiger partial charge on any atom is 0.141 e. The summed E-state index contributed by atoms with van der Waals surface area (Å²) < 4.78 is 26.9. The fourth-order valence-electron chi connectivity index (χ4n) is 3.02. The summed E-state index contributed by atoms with van der Waals surface area (Å²) >= 11 is 1.27. The first-order chi connectivity index (χ1) is 13.6. The van der Waals surface area contributed by atoms with Crippen LogP contribution in [0.25, 0.3) is 10.4 Å². The van der Waals surface area contributed by atoms with Gasteiger partial charge in [0.2, 0.25) is 0 Å². The van der Waals surface area contributed by atoms with Gasteiger partial charge in [0.25, 0.3) is 0 Å². The van der Waals surface area contributed by atoms with Crippen LogP contribution in [0.4, 0.5) is 4.39 Å². The highest BCUT2D eigenvalue weighted by Crippen LogP contribution is 2.37. The fourth-order valence-corrected chi connectivity index (χ4v) is 4.12. The van der Waals surface area contributed by atoms with Crippen LogP contribution in [0.15, 0.2) is 64.6 Å². The van der Waals surface area contributed by atoms with Crippen LogP contribution in [-0.4, -0.2) is 41.6 Å². The molecule has 0 radical (unpaired) electrons. The number of ether oxygens (including phenoxy) is 2. The molecule has 148 valence electrons. The zero-order chi connectivity index (χ0) is 19.9. The number of halogens is 1. The van der Waals surface area contributed by atoms with E-state index in [1.807, 2.05) is 61.5 Å². The summed E-state index contributed by atoms with van der Waals surface area (Å²) in [6, 6.07) is 16.0. The number of hydrogen-bond acceptors (Lipinski definition) is 5. The van der Waals surface area contributed by atoms with Crippen molar-refractivity contribution < 1.29 is 19.0 Å². The molecule has 2 aromatic rings. The highest BCUT2D eigenvalue weighted by Gasteiger charge is 2.47. The molecule has 1 aliphatic heterocycles. The number of nitrogens with zero attached hydrogens (tertiary/aromatic N) is 3. The molecule has 28 heavy (non-hydrogen) atoms. The van der Waals surface area contributed by atoms with E-state index in [1.165, 1.54) is 11.8 Å². The van der Waals surface area contributed by atoms with Crippen LogP contribution >= 0.6 is 11.8 Å². The molecule has 1 aliphatic rings. The van der Waals surface area contributed by atoms with Gasteiger partial charge in [-0.05, 0) is 30.2 Å². The number of azide groups is 1. The quantitative estimate of drug-likeness (QED) is 0.421. The van der Waals surface area contributed by atoms with Crippen LogP contribution in [-0.2, 0) is 16.1 Å². The van der Waals surface area contributed by atoms with E-state index in [1.54, 1.807) is 0 Å². The van der Waals surface area contributed by atoms with Crippen LogP contribution in [0.2, 0.25) is 0 Å². The normalized spacial score (nSPS) is 27.2. The minimum Gasteiger partial charge on any atom is -0.394 e. The largest absolute Gasteiger partial charge is 0.394 e. The predicted octanol–water partition coefficient (Wildman–Crippen LogP) is 4.41. The molecule has 0 bridgehead atoms. The van der Waals surface area contributed by atoms with Gasteiger partial charge in [-0.1, -0.05) is 64.9 Å². The van der Waals surface area contributed by atoms with Gasteiger partial charge in [0.1, 0.15) is 29.9 Å². The molecule has 0 saturated carbocycles. The van der Waals surface area contributed by atoms with E-state index < -0.39 is 36.5 Å². The molecular formula is C20H22FN3O3S. The van der Waals surface area contributed by atoms with Crippen molar-refractivity contribution in [2.24, 2.45) is 5.11 Å². The Morgan fingerprint density at radius 3 is 2.57 bits per heavy atom. The number of benzene rings is 2. The molecule has 0 aliphatic carbocycles. The summed E-state index contributed by atoms with van der Waals surface area (Å²) in [7, 11) is 0. The van der Waals surface area contributed by atoms with E-state index in [0.717, 1.165) is 16.0 Å². The molecule has 8 heteroatoms. The second-order valence-electron chi connectivity index (χ2n) is 6.56. The van der Waals surface area contributed by atoms with Gasteiger partial charge >= 0.3 is 0 Å². The maximum absolute atomic E-state index is 15.3. The third-order valence-electron chi connectivity index (χ3n) is 4.52. The summed E-state index contributed by atoms with van der Waals surface area (Å²) in [5.41, 5.74) is 10.1. The van der Waals surface area contributed by atoms with Gasteiger partial charge in [-0.2, -0.15) is 0 Å². The summed E-state index contributed by atoms with van der Waals surface area (Å²) in [5.74, 6) is 0. The summed E-state index contributed by atoms with van der Waals surface area (Å²) in [6.07, 6.45) is -3.49. The standard InChI is InChI=1S/C20H22FN3O3S/c1-13-7-9-15(10-8-13)28-20-18(23-24-22)17(21)19(16(11-25)27-20)26-12-14-5-3-2-4-6-14/h2-10,16-20,25H,11-12H2,1H3/t16-,17-,18-,19-,20+/m1/s1.